The quantitative estimate of drug-likeness (QED) is 0.394. The number of hydrogen-bond acceptors (Lipinski definition) is 6. The second-order valence-corrected chi connectivity index (χ2v) is 8.29. The van der Waals surface area contributed by atoms with Gasteiger partial charge in [-0.1, -0.05) is 11.3 Å². The van der Waals surface area contributed by atoms with Crippen LogP contribution in [0.1, 0.15) is 29.2 Å². The van der Waals surface area contributed by atoms with Gasteiger partial charge in [0.1, 0.15) is 10.3 Å². The number of methoxy groups -OCH3 is 1. The number of hydrogen-bond donors (Lipinski definition) is 2. The molecule has 2 amide bonds. The topological polar surface area (TPSA) is 94.0 Å². The van der Waals surface area contributed by atoms with E-state index in [4.69, 9.17) is 4.74 Å². The molecule has 0 saturated carbocycles. The summed E-state index contributed by atoms with van der Waals surface area (Å²) in [6.45, 7) is 3.65. The first-order valence-electron chi connectivity index (χ1n) is 9.75. The summed E-state index contributed by atoms with van der Waals surface area (Å²) in [5.41, 5.74) is 0.473. The number of urea groups is 1. The number of rotatable bonds is 5. The SMILES string of the molecule is COC(C)c1c(NC(=O)Nc2ccc(-n3cccn3)c(C(F)(F)F)c2)cnc2sc(C)nc12. The van der Waals surface area contributed by atoms with Crippen LogP contribution < -0.4 is 10.6 Å². The number of anilines is 2. The number of pyridine rings is 1. The van der Waals surface area contributed by atoms with Crippen molar-refractivity contribution in [1.29, 1.82) is 0 Å². The van der Waals surface area contributed by atoms with Gasteiger partial charge in [-0.3, -0.25) is 0 Å². The van der Waals surface area contributed by atoms with Crippen molar-refractivity contribution < 1.29 is 22.7 Å². The summed E-state index contributed by atoms with van der Waals surface area (Å²) in [4.78, 5) is 22.2. The van der Waals surface area contributed by atoms with Crippen molar-refractivity contribution in [2.45, 2.75) is 26.1 Å². The molecular weight excluding hydrogens is 457 g/mol. The molecule has 1 unspecified atom stereocenters. The van der Waals surface area contributed by atoms with Gasteiger partial charge in [-0.05, 0) is 38.1 Å². The van der Waals surface area contributed by atoms with Crippen molar-refractivity contribution in [3.05, 3.63) is 59.0 Å². The lowest BCUT2D eigenvalue weighted by atomic mass is 10.1. The third-order valence-electron chi connectivity index (χ3n) is 4.89. The van der Waals surface area contributed by atoms with E-state index in [1.165, 1.54) is 55.2 Å². The number of aromatic nitrogens is 4. The fourth-order valence-electron chi connectivity index (χ4n) is 3.37. The summed E-state index contributed by atoms with van der Waals surface area (Å²) in [5.74, 6) is 0. The lowest BCUT2D eigenvalue weighted by molar-refractivity contribution is -0.137. The van der Waals surface area contributed by atoms with Crippen LogP contribution in [0.25, 0.3) is 16.0 Å². The molecule has 0 fully saturated rings. The van der Waals surface area contributed by atoms with E-state index in [-0.39, 0.29) is 11.4 Å². The van der Waals surface area contributed by atoms with Crippen molar-refractivity contribution in [2.75, 3.05) is 17.7 Å². The van der Waals surface area contributed by atoms with Crippen LogP contribution in [0, 0.1) is 6.92 Å². The number of thiazole rings is 1. The largest absolute Gasteiger partial charge is 0.418 e. The van der Waals surface area contributed by atoms with E-state index in [0.29, 0.717) is 21.6 Å². The van der Waals surface area contributed by atoms with E-state index in [0.717, 1.165) is 15.8 Å². The highest BCUT2D eigenvalue weighted by Crippen LogP contribution is 2.36. The maximum absolute atomic E-state index is 13.6. The third kappa shape index (κ3) is 4.66. The number of amides is 2. The van der Waals surface area contributed by atoms with E-state index < -0.39 is 23.9 Å². The standard InChI is InChI=1S/C21H19F3N6O2S/c1-11(32-3)17-15(10-25-19-18(17)27-12(2)33-19)29-20(31)28-13-5-6-16(30-8-4-7-26-30)14(9-13)21(22,23)24/h4-11H,1-3H3,(H2,28,29,31). The van der Waals surface area contributed by atoms with Gasteiger partial charge in [0, 0.05) is 30.8 Å². The smallest absolute Gasteiger partial charge is 0.377 e. The van der Waals surface area contributed by atoms with Crippen LogP contribution in [0.2, 0.25) is 0 Å². The molecule has 0 aliphatic carbocycles. The molecule has 0 saturated heterocycles. The van der Waals surface area contributed by atoms with E-state index in [9.17, 15) is 18.0 Å². The number of fused-ring (bicyclic) bond motifs is 1. The minimum absolute atomic E-state index is 0.0318. The molecule has 0 bridgehead atoms. The minimum Gasteiger partial charge on any atom is -0.377 e. The summed E-state index contributed by atoms with van der Waals surface area (Å²) in [5, 5.41) is 9.76. The number of ether oxygens (including phenoxy) is 1. The number of nitrogens with zero attached hydrogens (tertiary/aromatic N) is 4. The minimum atomic E-state index is -4.64. The molecule has 12 heteroatoms. The maximum atomic E-state index is 13.6. The van der Waals surface area contributed by atoms with Gasteiger partial charge >= 0.3 is 12.2 Å². The molecule has 0 aliphatic heterocycles. The van der Waals surface area contributed by atoms with Crippen molar-refractivity contribution >= 4 is 39.1 Å². The Balaban J connectivity index is 1.63. The Hall–Kier alpha value is -3.51. The van der Waals surface area contributed by atoms with Gasteiger partial charge in [-0.15, -0.1) is 0 Å². The maximum Gasteiger partial charge on any atom is 0.418 e. The molecule has 0 aliphatic rings. The number of benzene rings is 1. The molecule has 4 aromatic rings. The molecule has 172 valence electrons. The molecule has 3 heterocycles. The van der Waals surface area contributed by atoms with Crippen molar-refractivity contribution in [2.24, 2.45) is 0 Å². The Morgan fingerprint density at radius 3 is 2.73 bits per heavy atom. The highest BCUT2D eigenvalue weighted by Gasteiger charge is 2.34. The van der Waals surface area contributed by atoms with Crippen LogP contribution in [-0.2, 0) is 10.9 Å². The second kappa shape index (κ2) is 8.79. The first kappa shape index (κ1) is 22.7. The van der Waals surface area contributed by atoms with Crippen molar-refractivity contribution in [3.63, 3.8) is 0 Å². The number of aryl methyl sites for hydroxylation is 1. The molecule has 3 aromatic heterocycles. The lowest BCUT2D eigenvalue weighted by Gasteiger charge is -2.17. The predicted octanol–water partition coefficient (Wildman–Crippen LogP) is 5.56. The Morgan fingerprint density at radius 2 is 2.06 bits per heavy atom. The molecular formula is C21H19F3N6O2S. The van der Waals surface area contributed by atoms with Gasteiger partial charge in [0.05, 0.1) is 34.2 Å². The van der Waals surface area contributed by atoms with E-state index in [1.54, 1.807) is 6.92 Å². The van der Waals surface area contributed by atoms with Gasteiger partial charge in [-0.25, -0.2) is 19.4 Å². The number of carbonyl (C=O) groups excluding carboxylic acids is 1. The summed E-state index contributed by atoms with van der Waals surface area (Å²) in [6.07, 6.45) is -0.781. The van der Waals surface area contributed by atoms with Gasteiger partial charge < -0.3 is 15.4 Å². The summed E-state index contributed by atoms with van der Waals surface area (Å²) in [7, 11) is 1.53. The third-order valence-corrected chi connectivity index (χ3v) is 5.77. The molecule has 8 nitrogen and oxygen atoms in total. The van der Waals surface area contributed by atoms with Gasteiger partial charge in [0.25, 0.3) is 0 Å². The summed E-state index contributed by atoms with van der Waals surface area (Å²) in [6, 6.07) is 4.27. The molecule has 0 radical (unpaired) electrons. The van der Waals surface area contributed by atoms with Crippen LogP contribution in [0.15, 0.2) is 42.9 Å². The Morgan fingerprint density at radius 1 is 1.27 bits per heavy atom. The average molecular weight is 476 g/mol. The monoisotopic (exact) mass is 476 g/mol. The van der Waals surface area contributed by atoms with Crippen LogP contribution >= 0.6 is 11.3 Å². The van der Waals surface area contributed by atoms with Crippen LogP contribution in [-0.4, -0.2) is 32.9 Å². The number of carbonyl (C=O) groups is 1. The number of alkyl halides is 3. The van der Waals surface area contributed by atoms with Gasteiger partial charge in [0.15, 0.2) is 0 Å². The first-order valence-corrected chi connectivity index (χ1v) is 10.6. The van der Waals surface area contributed by atoms with Crippen molar-refractivity contribution in [3.8, 4) is 5.69 Å². The van der Waals surface area contributed by atoms with E-state index >= 15 is 0 Å². The highest BCUT2D eigenvalue weighted by molar-refractivity contribution is 7.18. The van der Waals surface area contributed by atoms with Crippen LogP contribution in [0.4, 0.5) is 29.3 Å². The second-order valence-electron chi connectivity index (χ2n) is 7.11. The predicted molar refractivity (Wildman–Crippen MR) is 119 cm³/mol. The van der Waals surface area contributed by atoms with E-state index in [1.807, 2.05) is 6.92 Å². The van der Waals surface area contributed by atoms with Crippen molar-refractivity contribution in [1.82, 2.24) is 19.7 Å². The Labute approximate surface area is 190 Å². The fourth-order valence-corrected chi connectivity index (χ4v) is 4.14. The zero-order valence-corrected chi connectivity index (χ0v) is 18.6. The number of halogens is 3. The summed E-state index contributed by atoms with van der Waals surface area (Å²) >= 11 is 1.41. The molecule has 2 N–H and O–H groups in total. The van der Waals surface area contributed by atoms with Gasteiger partial charge in [-0.2, -0.15) is 18.3 Å². The molecule has 33 heavy (non-hydrogen) atoms. The molecule has 1 atom stereocenters. The highest BCUT2D eigenvalue weighted by atomic mass is 32.1. The molecule has 0 spiro atoms. The summed E-state index contributed by atoms with van der Waals surface area (Å²) < 4.78 is 47.5. The average Bonchev–Trinajstić information content (AvgIpc) is 3.41. The molecule has 4 rings (SSSR count). The van der Waals surface area contributed by atoms with E-state index in [2.05, 4.69) is 25.7 Å². The zero-order valence-electron chi connectivity index (χ0n) is 17.8. The number of nitrogens with one attached hydrogen (secondary N) is 2. The first-order chi connectivity index (χ1) is 15.7. The van der Waals surface area contributed by atoms with Crippen LogP contribution in [0.5, 0.6) is 0 Å². The Bertz CT molecular complexity index is 1300. The zero-order chi connectivity index (χ0) is 23.8. The van der Waals surface area contributed by atoms with Crippen LogP contribution in [0.3, 0.4) is 0 Å². The lowest BCUT2D eigenvalue weighted by Crippen LogP contribution is -2.22. The van der Waals surface area contributed by atoms with Gasteiger partial charge in [0.2, 0.25) is 0 Å². The fraction of sp³-hybridized carbons (Fsp3) is 0.238. The normalized spacial score (nSPS) is 12.7. The Kier molecular flexibility index (Phi) is 6.04. The molecule has 1 aromatic carbocycles.